The molecule has 8 aromatic carbocycles. The summed E-state index contributed by atoms with van der Waals surface area (Å²) in [4.78, 5) is 0. The molecule has 244 valence electrons. The van der Waals surface area contributed by atoms with Gasteiger partial charge in [0.05, 0.1) is 28.4 Å². The first-order valence-corrected chi connectivity index (χ1v) is 16.6. The quantitative estimate of drug-likeness (QED) is 0.153. The number of fused-ring (bicyclic) bond motifs is 3. The summed E-state index contributed by atoms with van der Waals surface area (Å²) in [5.74, 6) is 3.27. The fourth-order valence-corrected chi connectivity index (χ4v) is 7.36. The normalized spacial score (nSPS) is 11.2. The summed E-state index contributed by atoms with van der Waals surface area (Å²) in [5, 5.41) is 7.02. The van der Waals surface area contributed by atoms with Gasteiger partial charge < -0.3 is 18.9 Å². The van der Waals surface area contributed by atoms with Crippen molar-refractivity contribution in [2.75, 3.05) is 28.4 Å². The van der Waals surface area contributed by atoms with Gasteiger partial charge in [0, 0.05) is 0 Å². The molecule has 0 aliphatic carbocycles. The van der Waals surface area contributed by atoms with E-state index in [-0.39, 0.29) is 0 Å². The molecule has 0 saturated carbocycles. The Labute approximate surface area is 292 Å². The molecule has 50 heavy (non-hydrogen) atoms. The summed E-state index contributed by atoms with van der Waals surface area (Å²) in [6.07, 6.45) is 0. The van der Waals surface area contributed by atoms with Gasteiger partial charge in [0.1, 0.15) is 23.0 Å². The maximum Gasteiger partial charge on any atom is 0.118 e. The van der Waals surface area contributed by atoms with Crippen LogP contribution in [0.15, 0.2) is 146 Å². The maximum atomic E-state index is 5.61. The highest BCUT2D eigenvalue weighted by Gasteiger charge is 2.26. The zero-order chi connectivity index (χ0) is 34.2. The third-order valence-electron chi connectivity index (χ3n) is 9.70. The number of ether oxygens (including phenoxy) is 4. The molecule has 0 spiro atoms. The molecule has 0 amide bonds. The maximum absolute atomic E-state index is 5.61. The first kappa shape index (κ1) is 31.0. The van der Waals surface area contributed by atoms with Crippen LogP contribution in [0.4, 0.5) is 0 Å². The molecule has 8 rings (SSSR count). The number of rotatable bonds is 8. The lowest BCUT2D eigenvalue weighted by Crippen LogP contribution is -1.98. The standard InChI is InChI=1S/C46H36O4/c1-47-33-21-13-29(14-22-33)41-37-9-5-6-10-38(37)43(31-17-25-35(49-3)26-18-31)46-44(32-19-27-36(50-4)28-20-32)40-12-8-7-11-39(40)42(45(41)46)30-15-23-34(48-2)24-16-30/h5-28H,1-4H3. The first-order chi connectivity index (χ1) is 24.6. The SMILES string of the molecule is COc1ccc(-c2c3ccccc3c(-c3ccc(OC)cc3)c3c(-c4ccc(OC)cc4)c4ccccc4c(-c4ccc(OC)cc4)c23)cc1. The molecule has 0 aliphatic rings. The minimum atomic E-state index is 0.817. The number of benzene rings is 8. The van der Waals surface area contributed by atoms with Crippen molar-refractivity contribution in [1.29, 1.82) is 0 Å². The monoisotopic (exact) mass is 652 g/mol. The van der Waals surface area contributed by atoms with Crippen molar-refractivity contribution in [1.82, 2.24) is 0 Å². The van der Waals surface area contributed by atoms with Gasteiger partial charge in [-0.25, -0.2) is 0 Å². The second-order valence-electron chi connectivity index (χ2n) is 12.3. The molecule has 4 nitrogen and oxygen atoms in total. The highest BCUT2D eigenvalue weighted by molar-refractivity contribution is 6.33. The Morgan fingerprint density at radius 2 is 0.460 bits per heavy atom. The van der Waals surface area contributed by atoms with E-state index < -0.39 is 0 Å². The van der Waals surface area contributed by atoms with E-state index in [1.165, 1.54) is 54.6 Å². The zero-order valence-corrected chi connectivity index (χ0v) is 28.5. The molecule has 4 heteroatoms. The largest absolute Gasteiger partial charge is 0.497 e. The van der Waals surface area contributed by atoms with Crippen molar-refractivity contribution < 1.29 is 18.9 Å². The summed E-state index contributed by atoms with van der Waals surface area (Å²) in [7, 11) is 6.83. The Hall–Kier alpha value is -6.26. The smallest absolute Gasteiger partial charge is 0.118 e. The Balaban J connectivity index is 1.68. The molecule has 0 aliphatic heterocycles. The second-order valence-corrected chi connectivity index (χ2v) is 12.3. The molecular weight excluding hydrogens is 617 g/mol. The van der Waals surface area contributed by atoms with Gasteiger partial charge in [-0.15, -0.1) is 0 Å². The molecule has 0 heterocycles. The van der Waals surface area contributed by atoms with Crippen LogP contribution in [0.1, 0.15) is 0 Å². The van der Waals surface area contributed by atoms with Crippen molar-refractivity contribution in [3.8, 4) is 67.5 Å². The van der Waals surface area contributed by atoms with Crippen LogP contribution in [0.25, 0.3) is 76.8 Å². The fourth-order valence-electron chi connectivity index (χ4n) is 7.36. The highest BCUT2D eigenvalue weighted by atomic mass is 16.5. The van der Waals surface area contributed by atoms with E-state index in [9.17, 15) is 0 Å². The van der Waals surface area contributed by atoms with E-state index in [1.54, 1.807) is 28.4 Å². The van der Waals surface area contributed by atoms with Crippen molar-refractivity contribution in [2.24, 2.45) is 0 Å². The van der Waals surface area contributed by atoms with E-state index in [4.69, 9.17) is 18.9 Å². The first-order valence-electron chi connectivity index (χ1n) is 16.6. The lowest BCUT2D eigenvalue weighted by molar-refractivity contribution is 0.415. The fraction of sp³-hybridized carbons (Fsp3) is 0.0870. The van der Waals surface area contributed by atoms with E-state index in [1.807, 2.05) is 48.5 Å². The van der Waals surface area contributed by atoms with Crippen LogP contribution in [0.5, 0.6) is 23.0 Å². The summed E-state index contributed by atoms with van der Waals surface area (Å²) < 4.78 is 22.4. The Morgan fingerprint density at radius 3 is 0.640 bits per heavy atom. The average molecular weight is 653 g/mol. The number of methoxy groups -OCH3 is 4. The van der Waals surface area contributed by atoms with Gasteiger partial charge in [-0.3, -0.25) is 0 Å². The minimum Gasteiger partial charge on any atom is -0.497 e. The molecule has 0 N–H and O–H groups in total. The highest BCUT2D eigenvalue weighted by Crippen LogP contribution is 2.53. The molecule has 0 bridgehead atoms. The van der Waals surface area contributed by atoms with Crippen molar-refractivity contribution in [3.05, 3.63) is 146 Å². The lowest BCUT2D eigenvalue weighted by atomic mass is 9.77. The van der Waals surface area contributed by atoms with Gasteiger partial charge in [-0.1, -0.05) is 97.1 Å². The van der Waals surface area contributed by atoms with Crippen LogP contribution >= 0.6 is 0 Å². The van der Waals surface area contributed by atoms with E-state index in [2.05, 4.69) is 97.1 Å². The van der Waals surface area contributed by atoms with Crippen LogP contribution < -0.4 is 18.9 Å². The zero-order valence-electron chi connectivity index (χ0n) is 28.5. The summed E-state index contributed by atoms with van der Waals surface area (Å²) in [6, 6.07) is 51.3. The summed E-state index contributed by atoms with van der Waals surface area (Å²) >= 11 is 0. The lowest BCUT2D eigenvalue weighted by Gasteiger charge is -2.25. The van der Waals surface area contributed by atoms with Crippen LogP contribution in [-0.4, -0.2) is 28.4 Å². The van der Waals surface area contributed by atoms with E-state index >= 15 is 0 Å². The Morgan fingerprint density at radius 1 is 0.260 bits per heavy atom. The predicted octanol–water partition coefficient (Wildman–Crippen LogP) is 11.8. The predicted molar refractivity (Wildman–Crippen MR) is 207 cm³/mol. The van der Waals surface area contributed by atoms with Gasteiger partial charge in [0.2, 0.25) is 0 Å². The van der Waals surface area contributed by atoms with Gasteiger partial charge in [-0.2, -0.15) is 0 Å². The summed E-state index contributed by atoms with van der Waals surface area (Å²) in [6.45, 7) is 0. The number of hydrogen-bond acceptors (Lipinski definition) is 4. The van der Waals surface area contributed by atoms with Crippen molar-refractivity contribution in [3.63, 3.8) is 0 Å². The Bertz CT molecular complexity index is 2130. The molecule has 0 fully saturated rings. The minimum absolute atomic E-state index is 0.817. The summed E-state index contributed by atoms with van der Waals surface area (Å²) in [5.41, 5.74) is 9.11. The molecule has 0 saturated heterocycles. The van der Waals surface area contributed by atoms with Crippen LogP contribution in [-0.2, 0) is 0 Å². The molecule has 0 radical (unpaired) electrons. The van der Waals surface area contributed by atoms with Crippen molar-refractivity contribution in [2.45, 2.75) is 0 Å². The average Bonchev–Trinajstić information content (AvgIpc) is 3.19. The topological polar surface area (TPSA) is 36.9 Å². The second kappa shape index (κ2) is 13.0. The van der Waals surface area contributed by atoms with Crippen molar-refractivity contribution >= 4 is 32.3 Å². The van der Waals surface area contributed by atoms with Gasteiger partial charge >= 0.3 is 0 Å². The van der Waals surface area contributed by atoms with Crippen LogP contribution in [0.2, 0.25) is 0 Å². The molecular formula is C46H36O4. The van der Waals surface area contributed by atoms with E-state index in [0.717, 1.165) is 45.3 Å². The molecule has 0 unspecified atom stereocenters. The van der Waals surface area contributed by atoms with E-state index in [0.29, 0.717) is 0 Å². The van der Waals surface area contributed by atoms with Gasteiger partial charge in [0.25, 0.3) is 0 Å². The van der Waals surface area contributed by atoms with Crippen LogP contribution in [0.3, 0.4) is 0 Å². The molecule has 0 atom stereocenters. The Kier molecular flexibility index (Phi) is 8.06. The third kappa shape index (κ3) is 5.17. The molecule has 0 aromatic heterocycles. The van der Waals surface area contributed by atoms with Crippen LogP contribution in [0, 0.1) is 0 Å². The number of hydrogen-bond donors (Lipinski definition) is 0. The van der Waals surface area contributed by atoms with Gasteiger partial charge in [-0.05, 0) is 125 Å². The molecule has 8 aromatic rings. The third-order valence-corrected chi connectivity index (χ3v) is 9.70. The van der Waals surface area contributed by atoms with Gasteiger partial charge in [0.15, 0.2) is 0 Å².